The van der Waals surface area contributed by atoms with E-state index < -0.39 is 0 Å². The number of ether oxygens (including phenoxy) is 1. The fourth-order valence-electron chi connectivity index (χ4n) is 6.52. The molecular formula is C37H47N5O4. The van der Waals surface area contributed by atoms with Gasteiger partial charge in [-0.25, -0.2) is 0 Å². The van der Waals surface area contributed by atoms with E-state index in [4.69, 9.17) is 4.74 Å². The van der Waals surface area contributed by atoms with E-state index in [-0.39, 0.29) is 23.4 Å². The molecule has 2 aromatic heterocycles. The Kier molecular flexibility index (Phi) is 10.3. The maximum atomic E-state index is 14.1. The predicted octanol–water partition coefficient (Wildman–Crippen LogP) is 6.42. The molecular weight excluding hydrogens is 578 g/mol. The van der Waals surface area contributed by atoms with Gasteiger partial charge in [0, 0.05) is 54.5 Å². The van der Waals surface area contributed by atoms with Crippen molar-refractivity contribution < 1.29 is 14.3 Å². The summed E-state index contributed by atoms with van der Waals surface area (Å²) in [6.07, 6.45) is 8.43. The molecule has 244 valence electrons. The fourth-order valence-corrected chi connectivity index (χ4v) is 6.52. The average Bonchev–Trinajstić information content (AvgIpc) is 3.50. The van der Waals surface area contributed by atoms with Crippen molar-refractivity contribution in [1.29, 1.82) is 0 Å². The number of hydrogen-bond donors (Lipinski definition) is 2. The molecule has 0 atom stereocenters. The third-order valence-corrected chi connectivity index (χ3v) is 9.19. The molecule has 0 radical (unpaired) electrons. The molecule has 0 spiro atoms. The lowest BCUT2D eigenvalue weighted by molar-refractivity contribution is 0.0625. The van der Waals surface area contributed by atoms with Crippen LogP contribution in [0.3, 0.4) is 0 Å². The highest BCUT2D eigenvalue weighted by Crippen LogP contribution is 2.38. The number of aryl methyl sites for hydroxylation is 1. The van der Waals surface area contributed by atoms with E-state index in [9.17, 15) is 14.4 Å². The minimum Gasteiger partial charge on any atom is -0.456 e. The summed E-state index contributed by atoms with van der Waals surface area (Å²) in [5.74, 6) is 1.10. The second-order valence-electron chi connectivity index (χ2n) is 12.7. The van der Waals surface area contributed by atoms with Gasteiger partial charge in [-0.15, -0.1) is 0 Å². The molecule has 2 heterocycles. The highest BCUT2D eigenvalue weighted by molar-refractivity contribution is 6.03. The van der Waals surface area contributed by atoms with E-state index in [1.54, 1.807) is 19.3 Å². The van der Waals surface area contributed by atoms with E-state index in [1.165, 1.54) is 23.8 Å². The van der Waals surface area contributed by atoms with Gasteiger partial charge in [-0.1, -0.05) is 37.5 Å². The number of benzene rings is 2. The number of nitrogens with one attached hydrogen (secondary N) is 2. The summed E-state index contributed by atoms with van der Waals surface area (Å²) in [5, 5.41) is 3.44. The molecule has 0 unspecified atom stereocenters. The van der Waals surface area contributed by atoms with Gasteiger partial charge < -0.3 is 29.4 Å². The summed E-state index contributed by atoms with van der Waals surface area (Å²) in [5.41, 5.74) is 4.56. The summed E-state index contributed by atoms with van der Waals surface area (Å²) in [6, 6.07) is 13.5. The van der Waals surface area contributed by atoms with Crippen LogP contribution in [0, 0.1) is 13.8 Å². The zero-order chi connectivity index (χ0) is 33.0. The van der Waals surface area contributed by atoms with Crippen LogP contribution in [0.2, 0.25) is 0 Å². The molecule has 1 aliphatic rings. The summed E-state index contributed by atoms with van der Waals surface area (Å²) in [7, 11) is 5.84. The quantitative estimate of drug-likeness (QED) is 0.200. The second-order valence-corrected chi connectivity index (χ2v) is 12.7. The highest BCUT2D eigenvalue weighted by Gasteiger charge is 2.28. The van der Waals surface area contributed by atoms with Gasteiger partial charge in [0.15, 0.2) is 0 Å². The Morgan fingerprint density at radius 3 is 2.43 bits per heavy atom. The van der Waals surface area contributed by atoms with Crippen LogP contribution >= 0.6 is 0 Å². The van der Waals surface area contributed by atoms with E-state index in [2.05, 4.69) is 34.2 Å². The van der Waals surface area contributed by atoms with Crippen LogP contribution in [0.25, 0.3) is 22.0 Å². The molecule has 9 heteroatoms. The largest absolute Gasteiger partial charge is 0.456 e. The minimum atomic E-state index is -0.267. The molecule has 9 nitrogen and oxygen atoms in total. The monoisotopic (exact) mass is 625 g/mol. The maximum absolute atomic E-state index is 14.1. The number of aromatic nitrogens is 2. The van der Waals surface area contributed by atoms with Crippen LogP contribution in [0.1, 0.15) is 77.4 Å². The van der Waals surface area contributed by atoms with Crippen molar-refractivity contribution in [3.63, 3.8) is 0 Å². The molecule has 1 saturated carbocycles. The average molecular weight is 626 g/mol. The van der Waals surface area contributed by atoms with Gasteiger partial charge >= 0.3 is 0 Å². The molecule has 0 aliphatic heterocycles. The molecule has 1 aliphatic carbocycles. The highest BCUT2D eigenvalue weighted by atomic mass is 16.5. The summed E-state index contributed by atoms with van der Waals surface area (Å²) < 4.78 is 8.10. The summed E-state index contributed by atoms with van der Waals surface area (Å²) in [6.45, 7) is 8.02. The van der Waals surface area contributed by atoms with Crippen LogP contribution in [0.5, 0.6) is 11.5 Å². The van der Waals surface area contributed by atoms with Gasteiger partial charge in [0.05, 0.1) is 0 Å². The normalized spacial score (nSPS) is 13.7. The first kappa shape index (κ1) is 33.0. The standard InChI is InChI=1S/C37H47N5O4/c1-7-38-35(43)31-22-29-30(23-41(6)37(45)34(29)39-31)28-16-11-12-17-33(28)46-32-19-18-27(24(2)25(32)3)36(44)42(21-13-20-40(4)5)26-14-9-8-10-15-26/h11-12,16-19,22-23,26,39H,7-10,13-15,20-21H2,1-6H3,(H,38,43). The van der Waals surface area contributed by atoms with Gasteiger partial charge in [-0.05, 0) is 96.1 Å². The number of nitrogens with zero attached hydrogens (tertiary/aromatic N) is 3. The molecule has 4 aromatic rings. The van der Waals surface area contributed by atoms with Crippen LogP contribution in [0.4, 0.5) is 0 Å². The number of aromatic amines is 1. The van der Waals surface area contributed by atoms with Gasteiger partial charge in [-0.2, -0.15) is 0 Å². The number of hydrogen-bond acceptors (Lipinski definition) is 5. The third kappa shape index (κ3) is 6.89. The van der Waals surface area contributed by atoms with Gasteiger partial charge in [0.2, 0.25) is 0 Å². The van der Waals surface area contributed by atoms with Gasteiger partial charge in [0.25, 0.3) is 17.4 Å². The maximum Gasteiger partial charge on any atom is 0.274 e. The first-order valence-electron chi connectivity index (χ1n) is 16.4. The van der Waals surface area contributed by atoms with Crippen molar-refractivity contribution in [3.05, 3.63) is 81.4 Å². The SMILES string of the molecule is CCNC(=O)c1cc2c(-c3ccccc3Oc3ccc(C(=O)N(CCCN(C)C)C4CCCCC4)c(C)c3C)cn(C)c(=O)c2[nH]1. The number of pyridine rings is 1. The van der Waals surface area contributed by atoms with E-state index in [0.29, 0.717) is 34.6 Å². The van der Waals surface area contributed by atoms with E-state index >= 15 is 0 Å². The molecule has 5 rings (SSSR count). The number of carbonyl (C=O) groups is 2. The lowest BCUT2D eigenvalue weighted by Gasteiger charge is -2.35. The summed E-state index contributed by atoms with van der Waals surface area (Å²) in [4.78, 5) is 47.0. The molecule has 1 fully saturated rings. The number of H-pyrrole nitrogens is 1. The number of carbonyl (C=O) groups excluding carboxylic acids is 2. The van der Waals surface area contributed by atoms with E-state index in [1.807, 2.05) is 57.2 Å². The first-order chi connectivity index (χ1) is 22.1. The Hall–Kier alpha value is -4.37. The van der Waals surface area contributed by atoms with Crippen molar-refractivity contribution in [3.8, 4) is 22.6 Å². The Labute approximate surface area is 271 Å². The number of fused-ring (bicyclic) bond motifs is 1. The zero-order valence-electron chi connectivity index (χ0n) is 28.0. The number of para-hydroxylation sites is 1. The molecule has 2 aromatic carbocycles. The molecule has 2 amide bonds. The van der Waals surface area contributed by atoms with Crippen molar-refractivity contribution in [2.24, 2.45) is 7.05 Å². The van der Waals surface area contributed by atoms with Crippen molar-refractivity contribution >= 4 is 22.7 Å². The Morgan fingerprint density at radius 2 is 1.72 bits per heavy atom. The molecule has 46 heavy (non-hydrogen) atoms. The van der Waals surface area contributed by atoms with Gasteiger partial charge in [-0.3, -0.25) is 14.4 Å². The van der Waals surface area contributed by atoms with Crippen molar-refractivity contribution in [2.45, 2.75) is 65.3 Å². The smallest absolute Gasteiger partial charge is 0.274 e. The first-order valence-corrected chi connectivity index (χ1v) is 16.4. The Morgan fingerprint density at radius 1 is 0.978 bits per heavy atom. The zero-order valence-corrected chi connectivity index (χ0v) is 28.0. The predicted molar refractivity (Wildman–Crippen MR) is 184 cm³/mol. The van der Waals surface area contributed by atoms with Crippen LogP contribution in [0.15, 0.2) is 53.5 Å². The van der Waals surface area contributed by atoms with Crippen LogP contribution in [-0.4, -0.2) is 70.9 Å². The van der Waals surface area contributed by atoms with Crippen LogP contribution < -0.4 is 15.6 Å². The lowest BCUT2D eigenvalue weighted by Crippen LogP contribution is -2.43. The van der Waals surface area contributed by atoms with Crippen LogP contribution in [-0.2, 0) is 7.05 Å². The minimum absolute atomic E-state index is 0.0983. The van der Waals surface area contributed by atoms with Crippen molar-refractivity contribution in [1.82, 2.24) is 24.7 Å². The van der Waals surface area contributed by atoms with Crippen molar-refractivity contribution in [2.75, 3.05) is 33.7 Å². The topological polar surface area (TPSA) is 99.7 Å². The fraction of sp³-hybridized carbons (Fsp3) is 0.432. The number of amides is 2. The Bertz CT molecular complexity index is 1780. The number of rotatable bonds is 11. The lowest BCUT2D eigenvalue weighted by atomic mass is 9.92. The summed E-state index contributed by atoms with van der Waals surface area (Å²) >= 11 is 0. The molecule has 0 bridgehead atoms. The molecule has 0 saturated heterocycles. The Balaban J connectivity index is 1.48. The van der Waals surface area contributed by atoms with Gasteiger partial charge in [0.1, 0.15) is 22.7 Å². The molecule has 2 N–H and O–H groups in total. The second kappa shape index (κ2) is 14.4. The third-order valence-electron chi connectivity index (χ3n) is 9.19. The van der Waals surface area contributed by atoms with E-state index in [0.717, 1.165) is 60.2 Å².